The number of hydrogen-bond acceptors (Lipinski definition) is 2. The van der Waals surface area contributed by atoms with Crippen molar-refractivity contribution in [3.63, 3.8) is 0 Å². The number of benzene rings is 1. The van der Waals surface area contributed by atoms with Gasteiger partial charge < -0.3 is 10.4 Å². The van der Waals surface area contributed by atoms with Crippen LogP contribution in [-0.4, -0.2) is 23.0 Å². The van der Waals surface area contributed by atoms with Gasteiger partial charge in [0.05, 0.1) is 5.56 Å². The summed E-state index contributed by atoms with van der Waals surface area (Å²) >= 11 is 0. The lowest BCUT2D eigenvalue weighted by molar-refractivity contribution is 0.0696. The Kier molecular flexibility index (Phi) is 3.88. The van der Waals surface area contributed by atoms with Gasteiger partial charge in [-0.25, -0.2) is 4.79 Å². The lowest BCUT2D eigenvalue weighted by Gasteiger charge is -2.19. The molecule has 1 aromatic carbocycles. The highest BCUT2D eigenvalue weighted by atomic mass is 16.4. The minimum atomic E-state index is -0.981. The average Bonchev–Trinajstić information content (AvgIpc) is 2.71. The van der Waals surface area contributed by atoms with E-state index in [1.54, 1.807) is 12.1 Å². The van der Waals surface area contributed by atoms with Gasteiger partial charge in [-0.3, -0.25) is 4.79 Å². The van der Waals surface area contributed by atoms with Crippen LogP contribution in [0.25, 0.3) is 0 Å². The molecular weight excluding hydrogens is 242 g/mol. The number of nitrogens with one attached hydrogen (secondary N) is 1. The van der Waals surface area contributed by atoms with Crippen LogP contribution in [0.5, 0.6) is 0 Å². The second-order valence-electron chi connectivity index (χ2n) is 5.38. The molecule has 1 aromatic rings. The van der Waals surface area contributed by atoms with E-state index in [1.807, 2.05) is 0 Å². The maximum absolute atomic E-state index is 12.1. The first-order valence-electron chi connectivity index (χ1n) is 6.63. The first kappa shape index (κ1) is 13.6. The smallest absolute Gasteiger partial charge is 0.335 e. The highest BCUT2D eigenvalue weighted by Gasteiger charge is 2.30. The molecule has 19 heavy (non-hydrogen) atoms. The Morgan fingerprint density at radius 3 is 2.16 bits per heavy atom. The van der Waals surface area contributed by atoms with E-state index in [1.165, 1.54) is 12.1 Å². The normalized spacial score (nSPS) is 26.1. The highest BCUT2D eigenvalue weighted by molar-refractivity contribution is 5.96. The maximum atomic E-state index is 12.1. The fourth-order valence-corrected chi connectivity index (χ4v) is 2.58. The largest absolute Gasteiger partial charge is 0.478 e. The summed E-state index contributed by atoms with van der Waals surface area (Å²) in [5, 5.41) is 11.8. The monoisotopic (exact) mass is 261 g/mol. The summed E-state index contributed by atoms with van der Waals surface area (Å²) in [7, 11) is 0. The van der Waals surface area contributed by atoms with Crippen LogP contribution in [0.3, 0.4) is 0 Å². The Morgan fingerprint density at radius 1 is 1.11 bits per heavy atom. The van der Waals surface area contributed by atoms with Crippen molar-refractivity contribution in [3.8, 4) is 0 Å². The summed E-state index contributed by atoms with van der Waals surface area (Å²) in [5.74, 6) is 0.0232. The van der Waals surface area contributed by atoms with E-state index in [-0.39, 0.29) is 17.5 Å². The SMILES string of the molecule is CC1CCC(NC(=O)c2ccc(C(=O)O)cc2)C1C. The fraction of sp³-hybridized carbons (Fsp3) is 0.467. The van der Waals surface area contributed by atoms with Crippen LogP contribution in [0.1, 0.15) is 47.4 Å². The van der Waals surface area contributed by atoms with Gasteiger partial charge in [-0.15, -0.1) is 0 Å². The summed E-state index contributed by atoms with van der Waals surface area (Å²) in [4.78, 5) is 22.8. The van der Waals surface area contributed by atoms with Crippen molar-refractivity contribution in [1.82, 2.24) is 5.32 Å². The van der Waals surface area contributed by atoms with Crippen molar-refractivity contribution in [2.75, 3.05) is 0 Å². The third-order valence-electron chi connectivity index (χ3n) is 4.18. The van der Waals surface area contributed by atoms with E-state index < -0.39 is 5.97 Å². The molecule has 3 unspecified atom stereocenters. The summed E-state index contributed by atoms with van der Waals surface area (Å²) in [6, 6.07) is 6.25. The van der Waals surface area contributed by atoms with Crippen LogP contribution in [0.15, 0.2) is 24.3 Å². The van der Waals surface area contributed by atoms with Gasteiger partial charge in [-0.1, -0.05) is 13.8 Å². The fourth-order valence-electron chi connectivity index (χ4n) is 2.58. The van der Waals surface area contributed by atoms with E-state index in [2.05, 4.69) is 19.2 Å². The van der Waals surface area contributed by atoms with Crippen molar-refractivity contribution >= 4 is 11.9 Å². The quantitative estimate of drug-likeness (QED) is 0.878. The standard InChI is InChI=1S/C15H19NO3/c1-9-3-8-13(10(9)2)16-14(17)11-4-6-12(7-5-11)15(18)19/h4-7,9-10,13H,3,8H2,1-2H3,(H,16,17)(H,18,19). The molecule has 0 spiro atoms. The van der Waals surface area contributed by atoms with Gasteiger partial charge in [0, 0.05) is 11.6 Å². The number of carboxylic acid groups (broad SMARTS) is 1. The molecular formula is C15H19NO3. The van der Waals surface area contributed by atoms with Crippen LogP contribution in [0.2, 0.25) is 0 Å². The van der Waals surface area contributed by atoms with Crippen molar-refractivity contribution in [3.05, 3.63) is 35.4 Å². The van der Waals surface area contributed by atoms with Crippen molar-refractivity contribution < 1.29 is 14.7 Å². The van der Waals surface area contributed by atoms with E-state index in [9.17, 15) is 9.59 Å². The minimum Gasteiger partial charge on any atom is -0.478 e. The molecule has 4 heteroatoms. The van der Waals surface area contributed by atoms with Gasteiger partial charge >= 0.3 is 5.97 Å². The first-order valence-corrected chi connectivity index (χ1v) is 6.63. The molecule has 0 aromatic heterocycles. The third kappa shape index (κ3) is 2.95. The van der Waals surface area contributed by atoms with E-state index in [4.69, 9.17) is 5.11 Å². The number of aromatic carboxylic acids is 1. The van der Waals surface area contributed by atoms with E-state index in [0.29, 0.717) is 17.4 Å². The van der Waals surface area contributed by atoms with E-state index >= 15 is 0 Å². The van der Waals surface area contributed by atoms with Crippen molar-refractivity contribution in [1.29, 1.82) is 0 Å². The zero-order valence-corrected chi connectivity index (χ0v) is 11.2. The molecule has 0 bridgehead atoms. The third-order valence-corrected chi connectivity index (χ3v) is 4.18. The Morgan fingerprint density at radius 2 is 1.68 bits per heavy atom. The second kappa shape index (κ2) is 5.43. The lowest BCUT2D eigenvalue weighted by Crippen LogP contribution is -2.37. The zero-order chi connectivity index (χ0) is 14.0. The Hall–Kier alpha value is -1.84. The molecule has 1 aliphatic rings. The van der Waals surface area contributed by atoms with Gasteiger partial charge in [-0.2, -0.15) is 0 Å². The zero-order valence-electron chi connectivity index (χ0n) is 11.2. The number of carboxylic acids is 1. The Labute approximate surface area is 112 Å². The van der Waals surface area contributed by atoms with E-state index in [0.717, 1.165) is 12.8 Å². The van der Waals surface area contributed by atoms with Crippen LogP contribution in [0.4, 0.5) is 0 Å². The highest BCUT2D eigenvalue weighted by Crippen LogP contribution is 2.31. The molecule has 102 valence electrons. The van der Waals surface area contributed by atoms with Crippen LogP contribution in [-0.2, 0) is 0 Å². The maximum Gasteiger partial charge on any atom is 0.335 e. The molecule has 0 saturated heterocycles. The lowest BCUT2D eigenvalue weighted by atomic mass is 9.97. The Balaban J connectivity index is 2.02. The van der Waals surface area contributed by atoms with Crippen LogP contribution < -0.4 is 5.32 Å². The van der Waals surface area contributed by atoms with Gasteiger partial charge in [0.2, 0.25) is 0 Å². The van der Waals surface area contributed by atoms with Crippen LogP contribution in [0, 0.1) is 11.8 Å². The summed E-state index contributed by atoms with van der Waals surface area (Å²) < 4.78 is 0. The second-order valence-corrected chi connectivity index (χ2v) is 5.38. The summed E-state index contributed by atoms with van der Waals surface area (Å²) in [5.41, 5.74) is 0.705. The molecule has 3 atom stereocenters. The Bertz CT molecular complexity index is 481. The molecule has 2 rings (SSSR count). The van der Waals surface area contributed by atoms with Gasteiger partial charge in [0.15, 0.2) is 0 Å². The van der Waals surface area contributed by atoms with Crippen LogP contribution >= 0.6 is 0 Å². The molecule has 2 N–H and O–H groups in total. The molecule has 1 saturated carbocycles. The number of carbonyl (C=O) groups is 2. The molecule has 0 aliphatic heterocycles. The predicted molar refractivity (Wildman–Crippen MR) is 72.2 cm³/mol. The van der Waals surface area contributed by atoms with Crippen molar-refractivity contribution in [2.45, 2.75) is 32.7 Å². The first-order chi connectivity index (χ1) is 8.99. The molecule has 0 heterocycles. The van der Waals surface area contributed by atoms with Crippen molar-refractivity contribution in [2.24, 2.45) is 11.8 Å². The number of carbonyl (C=O) groups excluding carboxylic acids is 1. The summed E-state index contributed by atoms with van der Waals surface area (Å²) in [6.45, 7) is 4.37. The van der Waals surface area contributed by atoms with Gasteiger partial charge in [0.1, 0.15) is 0 Å². The number of rotatable bonds is 3. The predicted octanol–water partition coefficient (Wildman–Crippen LogP) is 2.55. The molecule has 1 amide bonds. The molecule has 1 fully saturated rings. The van der Waals surface area contributed by atoms with Gasteiger partial charge in [0.25, 0.3) is 5.91 Å². The minimum absolute atomic E-state index is 0.122. The summed E-state index contributed by atoms with van der Waals surface area (Å²) in [6.07, 6.45) is 2.16. The molecule has 0 radical (unpaired) electrons. The molecule has 1 aliphatic carbocycles. The average molecular weight is 261 g/mol. The van der Waals surface area contributed by atoms with Gasteiger partial charge in [-0.05, 0) is 48.9 Å². The molecule has 4 nitrogen and oxygen atoms in total. The number of hydrogen-bond donors (Lipinski definition) is 2. The number of amides is 1. The topological polar surface area (TPSA) is 66.4 Å².